The van der Waals surface area contributed by atoms with Crippen LogP contribution in [0, 0.1) is 0 Å². The van der Waals surface area contributed by atoms with Gasteiger partial charge in [0.1, 0.15) is 11.7 Å². The lowest BCUT2D eigenvalue weighted by atomic mass is 9.80. The highest BCUT2D eigenvalue weighted by atomic mass is 16.7. The quantitative estimate of drug-likeness (QED) is 0.244. The zero-order valence-electron chi connectivity index (χ0n) is 22.5. The minimum Gasteiger partial charge on any atom is -0.456 e. The molecule has 210 valence electrons. The fraction of sp³-hybridized carbons (Fsp3) is 0.323. The Labute approximate surface area is 232 Å². The third-order valence-corrected chi connectivity index (χ3v) is 6.52. The van der Waals surface area contributed by atoms with E-state index in [9.17, 15) is 19.5 Å². The molecule has 1 aliphatic rings. The monoisotopic (exact) mass is 548 g/mol. The summed E-state index contributed by atoms with van der Waals surface area (Å²) in [4.78, 5) is 35.9. The lowest BCUT2D eigenvalue weighted by Gasteiger charge is -2.44. The van der Waals surface area contributed by atoms with Crippen LogP contribution >= 0.6 is 0 Å². The van der Waals surface area contributed by atoms with Gasteiger partial charge in [-0.2, -0.15) is 0 Å². The first-order chi connectivity index (χ1) is 19.2. The second-order valence-corrected chi connectivity index (χ2v) is 9.38. The van der Waals surface area contributed by atoms with Crippen molar-refractivity contribution < 1.29 is 43.2 Å². The largest absolute Gasteiger partial charge is 0.456 e. The fourth-order valence-electron chi connectivity index (χ4n) is 4.98. The molecule has 4 rings (SSSR count). The van der Waals surface area contributed by atoms with Gasteiger partial charge < -0.3 is 28.8 Å². The molecule has 3 aromatic carbocycles. The van der Waals surface area contributed by atoms with Crippen LogP contribution in [0.4, 0.5) is 0 Å². The van der Waals surface area contributed by atoms with Gasteiger partial charge in [0.15, 0.2) is 24.6 Å². The smallest absolute Gasteiger partial charge is 0.303 e. The van der Waals surface area contributed by atoms with Crippen LogP contribution in [-0.2, 0) is 43.7 Å². The number of aliphatic hydroxyl groups excluding tert-OH is 1. The van der Waals surface area contributed by atoms with E-state index in [-0.39, 0.29) is 6.61 Å². The number of hydrogen-bond donors (Lipinski definition) is 1. The Hall–Kier alpha value is -4.05. The highest BCUT2D eigenvalue weighted by Gasteiger charge is 2.52. The summed E-state index contributed by atoms with van der Waals surface area (Å²) in [5.74, 6) is -2.15. The van der Waals surface area contributed by atoms with Gasteiger partial charge in [0.25, 0.3) is 0 Å². The van der Waals surface area contributed by atoms with Crippen LogP contribution < -0.4 is 0 Å². The Balaban J connectivity index is 1.79. The molecule has 0 spiro atoms. The zero-order chi connectivity index (χ0) is 28.7. The van der Waals surface area contributed by atoms with Gasteiger partial charge in [-0.05, 0) is 16.7 Å². The number of hydrogen-bond acceptors (Lipinski definition) is 9. The van der Waals surface area contributed by atoms with E-state index >= 15 is 0 Å². The normalized spacial score (nSPS) is 22.6. The molecule has 0 saturated carbocycles. The highest BCUT2D eigenvalue weighted by molar-refractivity contribution is 5.68. The van der Waals surface area contributed by atoms with Crippen LogP contribution in [0.1, 0.15) is 37.5 Å². The van der Waals surface area contributed by atoms with Crippen LogP contribution in [0.5, 0.6) is 0 Å². The molecule has 1 saturated heterocycles. The van der Waals surface area contributed by atoms with Gasteiger partial charge in [0.2, 0.25) is 0 Å². The van der Waals surface area contributed by atoms with Crippen LogP contribution in [0.2, 0.25) is 0 Å². The molecule has 0 aliphatic carbocycles. The van der Waals surface area contributed by atoms with Crippen molar-refractivity contribution in [3.63, 3.8) is 0 Å². The van der Waals surface area contributed by atoms with Crippen molar-refractivity contribution in [1.82, 2.24) is 0 Å². The maximum atomic E-state index is 12.1. The van der Waals surface area contributed by atoms with Crippen molar-refractivity contribution in [2.24, 2.45) is 0 Å². The maximum Gasteiger partial charge on any atom is 0.303 e. The molecule has 0 amide bonds. The van der Waals surface area contributed by atoms with Crippen molar-refractivity contribution in [2.45, 2.75) is 57.1 Å². The van der Waals surface area contributed by atoms with E-state index in [1.165, 1.54) is 6.92 Å². The van der Waals surface area contributed by atoms with Crippen molar-refractivity contribution in [3.05, 3.63) is 108 Å². The molecule has 1 N–H and O–H groups in total. The van der Waals surface area contributed by atoms with E-state index in [0.717, 1.165) is 30.5 Å². The lowest BCUT2D eigenvalue weighted by molar-refractivity contribution is -0.299. The Kier molecular flexibility index (Phi) is 9.31. The molecule has 0 aromatic heterocycles. The predicted molar refractivity (Wildman–Crippen MR) is 143 cm³/mol. The molecular formula is C31H32O9. The van der Waals surface area contributed by atoms with E-state index in [0.29, 0.717) is 0 Å². The Morgan fingerprint density at radius 2 is 1.02 bits per heavy atom. The summed E-state index contributed by atoms with van der Waals surface area (Å²) in [6.07, 6.45) is -6.82. The lowest BCUT2D eigenvalue weighted by Crippen LogP contribution is -2.62. The van der Waals surface area contributed by atoms with Gasteiger partial charge in [0.05, 0.1) is 6.61 Å². The van der Waals surface area contributed by atoms with E-state index in [1.54, 1.807) is 0 Å². The first-order valence-corrected chi connectivity index (χ1v) is 12.9. The molecule has 1 aliphatic heterocycles. The third kappa shape index (κ3) is 6.39. The second-order valence-electron chi connectivity index (χ2n) is 9.38. The van der Waals surface area contributed by atoms with E-state index in [2.05, 4.69) is 0 Å². The number of aliphatic hydroxyl groups is 1. The number of benzene rings is 3. The summed E-state index contributed by atoms with van der Waals surface area (Å²) < 4.78 is 28.8. The summed E-state index contributed by atoms with van der Waals surface area (Å²) in [6, 6.07) is 28.8. The SMILES string of the molecule is CC(=O)OC1[C@@H](COC(c2ccccc2)(c2ccccc2)c2ccccc2)OC(O)[C@H](OC(C)=O)[C@H]1OC(C)=O. The number of carbonyl (C=O) groups is 3. The van der Waals surface area contributed by atoms with E-state index in [4.69, 9.17) is 23.7 Å². The van der Waals surface area contributed by atoms with Gasteiger partial charge in [0, 0.05) is 20.8 Å². The number of rotatable bonds is 9. The molecule has 0 radical (unpaired) electrons. The van der Waals surface area contributed by atoms with Crippen LogP contribution in [0.3, 0.4) is 0 Å². The molecule has 3 aromatic rings. The van der Waals surface area contributed by atoms with Crippen LogP contribution in [-0.4, -0.2) is 60.3 Å². The van der Waals surface area contributed by atoms with Gasteiger partial charge >= 0.3 is 17.9 Å². The minimum absolute atomic E-state index is 0.210. The molecule has 40 heavy (non-hydrogen) atoms. The average molecular weight is 549 g/mol. The number of ether oxygens (including phenoxy) is 5. The third-order valence-electron chi connectivity index (χ3n) is 6.52. The Bertz CT molecular complexity index is 1180. The zero-order valence-corrected chi connectivity index (χ0v) is 22.5. The molecule has 2 unspecified atom stereocenters. The summed E-state index contributed by atoms with van der Waals surface area (Å²) in [5.41, 5.74) is 1.33. The Morgan fingerprint density at radius 3 is 1.43 bits per heavy atom. The summed E-state index contributed by atoms with van der Waals surface area (Å²) in [6.45, 7) is 3.28. The van der Waals surface area contributed by atoms with Crippen LogP contribution in [0.25, 0.3) is 0 Å². The van der Waals surface area contributed by atoms with Crippen molar-refractivity contribution in [1.29, 1.82) is 0 Å². The molecule has 1 heterocycles. The highest BCUT2D eigenvalue weighted by Crippen LogP contribution is 2.41. The molecule has 9 heteroatoms. The first kappa shape index (κ1) is 28.9. The summed E-state index contributed by atoms with van der Waals surface area (Å²) in [7, 11) is 0. The van der Waals surface area contributed by atoms with Gasteiger partial charge in [-0.1, -0.05) is 91.0 Å². The summed E-state index contributed by atoms with van der Waals surface area (Å²) >= 11 is 0. The number of esters is 3. The molecule has 1 fully saturated rings. The minimum atomic E-state index is -1.69. The van der Waals surface area contributed by atoms with E-state index < -0.39 is 54.2 Å². The van der Waals surface area contributed by atoms with Gasteiger partial charge in [-0.25, -0.2) is 0 Å². The van der Waals surface area contributed by atoms with Crippen molar-refractivity contribution in [2.75, 3.05) is 6.61 Å². The topological polar surface area (TPSA) is 118 Å². The summed E-state index contributed by atoms with van der Waals surface area (Å²) in [5, 5.41) is 10.8. The molecule has 0 bridgehead atoms. The molecular weight excluding hydrogens is 516 g/mol. The average Bonchev–Trinajstić information content (AvgIpc) is 2.94. The van der Waals surface area contributed by atoms with Crippen molar-refractivity contribution in [3.8, 4) is 0 Å². The van der Waals surface area contributed by atoms with E-state index in [1.807, 2.05) is 91.0 Å². The Morgan fingerprint density at radius 1 is 0.650 bits per heavy atom. The number of carbonyl (C=O) groups excluding carboxylic acids is 3. The predicted octanol–water partition coefficient (Wildman–Crippen LogP) is 3.51. The maximum absolute atomic E-state index is 12.1. The molecule has 9 nitrogen and oxygen atoms in total. The standard InChI is InChI=1S/C31H32O9/c1-20(32)37-27-26(40-30(35)29(39-22(3)34)28(27)38-21(2)33)19-36-31(23-13-7-4-8-14-23,24-15-9-5-10-16-24)25-17-11-6-12-18-25/h4-18,26-30,35H,19H2,1-3H3/t26-,27?,28+,29-,30?/m1/s1. The molecule has 5 atom stereocenters. The van der Waals surface area contributed by atoms with Crippen molar-refractivity contribution >= 4 is 17.9 Å². The fourth-order valence-corrected chi connectivity index (χ4v) is 4.98. The van der Waals surface area contributed by atoms with Crippen LogP contribution in [0.15, 0.2) is 91.0 Å². The van der Waals surface area contributed by atoms with Gasteiger partial charge in [-0.15, -0.1) is 0 Å². The van der Waals surface area contributed by atoms with Gasteiger partial charge in [-0.3, -0.25) is 14.4 Å². The first-order valence-electron chi connectivity index (χ1n) is 12.9. The second kappa shape index (κ2) is 12.9.